The molecule has 2 unspecified atom stereocenters. The van der Waals surface area contributed by atoms with Crippen molar-refractivity contribution in [3.8, 4) is 0 Å². The molecule has 2 aliphatic heterocycles. The van der Waals surface area contributed by atoms with Crippen LogP contribution in [-0.4, -0.2) is 76.3 Å². The Balaban J connectivity index is 1.72. The summed E-state index contributed by atoms with van der Waals surface area (Å²) >= 11 is 0. The molecule has 110 valence electrons. The summed E-state index contributed by atoms with van der Waals surface area (Å²) in [6.07, 6.45) is 2.47. The molecule has 0 spiro atoms. The molecule has 0 saturated carbocycles. The number of likely N-dealkylation sites (tertiary alicyclic amines) is 1. The van der Waals surface area contributed by atoms with Crippen molar-refractivity contribution in [3.05, 3.63) is 0 Å². The van der Waals surface area contributed by atoms with Gasteiger partial charge in [-0.15, -0.1) is 0 Å². The maximum Gasteiger partial charge on any atom is 0.193 e. The topological polar surface area (TPSA) is 40.1 Å². The third-order valence-corrected chi connectivity index (χ3v) is 4.17. The number of nitrogens with zero attached hydrogens (tertiary/aromatic N) is 3. The van der Waals surface area contributed by atoms with Crippen molar-refractivity contribution in [1.82, 2.24) is 15.1 Å². The third kappa shape index (κ3) is 4.35. The number of rotatable bonds is 4. The quantitative estimate of drug-likeness (QED) is 0.595. The lowest BCUT2D eigenvalue weighted by Crippen LogP contribution is -2.43. The number of hydrogen-bond acceptors (Lipinski definition) is 3. The Morgan fingerprint density at radius 1 is 1.42 bits per heavy atom. The van der Waals surface area contributed by atoms with Gasteiger partial charge in [0.15, 0.2) is 5.96 Å². The maximum absolute atomic E-state index is 5.43. The van der Waals surface area contributed by atoms with Gasteiger partial charge in [0.25, 0.3) is 0 Å². The zero-order chi connectivity index (χ0) is 13.7. The van der Waals surface area contributed by atoms with Crippen LogP contribution in [0.2, 0.25) is 0 Å². The first kappa shape index (κ1) is 14.6. The van der Waals surface area contributed by atoms with Crippen LogP contribution in [0, 0.1) is 11.8 Å². The number of hydrogen-bond donors (Lipinski definition) is 1. The summed E-state index contributed by atoms with van der Waals surface area (Å²) in [5, 5.41) is 3.51. The molecule has 2 fully saturated rings. The highest BCUT2D eigenvalue weighted by molar-refractivity contribution is 5.79. The molecule has 0 amide bonds. The van der Waals surface area contributed by atoms with Crippen LogP contribution in [0.5, 0.6) is 0 Å². The Hall–Kier alpha value is -0.810. The summed E-state index contributed by atoms with van der Waals surface area (Å²) in [5.41, 5.74) is 0. The van der Waals surface area contributed by atoms with E-state index in [1.54, 1.807) is 0 Å². The van der Waals surface area contributed by atoms with E-state index in [-0.39, 0.29) is 0 Å². The Bertz CT molecular complexity index is 302. The van der Waals surface area contributed by atoms with Gasteiger partial charge in [-0.1, -0.05) is 0 Å². The van der Waals surface area contributed by atoms with E-state index in [0.29, 0.717) is 5.92 Å². The molecular weight excluding hydrogens is 240 g/mol. The van der Waals surface area contributed by atoms with Crippen LogP contribution < -0.4 is 5.32 Å². The van der Waals surface area contributed by atoms with Crippen LogP contribution >= 0.6 is 0 Å². The maximum atomic E-state index is 5.43. The molecule has 0 bridgehead atoms. The minimum absolute atomic E-state index is 0.654. The van der Waals surface area contributed by atoms with Crippen molar-refractivity contribution in [3.63, 3.8) is 0 Å². The lowest BCUT2D eigenvalue weighted by molar-refractivity contribution is 0.181. The molecule has 0 aliphatic carbocycles. The Morgan fingerprint density at radius 3 is 2.84 bits per heavy atom. The second kappa shape index (κ2) is 7.10. The number of ether oxygens (including phenoxy) is 1. The number of nitrogens with one attached hydrogen (secondary N) is 1. The van der Waals surface area contributed by atoms with Gasteiger partial charge < -0.3 is 19.9 Å². The highest BCUT2D eigenvalue weighted by Gasteiger charge is 2.21. The second-order valence-electron chi connectivity index (χ2n) is 5.96. The second-order valence-corrected chi connectivity index (χ2v) is 5.96. The third-order valence-electron chi connectivity index (χ3n) is 4.17. The van der Waals surface area contributed by atoms with E-state index in [0.717, 1.165) is 38.2 Å². The minimum atomic E-state index is 0.654. The number of aliphatic imine (C=N–C) groups is 1. The predicted octanol–water partition coefficient (Wildman–Crippen LogP) is 0.482. The van der Waals surface area contributed by atoms with E-state index in [9.17, 15) is 0 Å². The summed E-state index contributed by atoms with van der Waals surface area (Å²) in [6, 6.07) is 0. The number of guanidine groups is 1. The SMILES string of the molecule is CN=C(NCC1CCN(C)C1)N(C)CC1CCOC1. The van der Waals surface area contributed by atoms with Gasteiger partial charge in [0, 0.05) is 46.3 Å². The van der Waals surface area contributed by atoms with Gasteiger partial charge in [0.1, 0.15) is 0 Å². The molecule has 0 aromatic rings. The largest absolute Gasteiger partial charge is 0.381 e. The molecule has 2 aliphatic rings. The van der Waals surface area contributed by atoms with E-state index in [1.165, 1.54) is 25.9 Å². The van der Waals surface area contributed by atoms with Crippen molar-refractivity contribution < 1.29 is 4.74 Å². The molecule has 5 heteroatoms. The first-order valence-corrected chi connectivity index (χ1v) is 7.37. The van der Waals surface area contributed by atoms with Crippen molar-refractivity contribution in [2.24, 2.45) is 16.8 Å². The molecule has 19 heavy (non-hydrogen) atoms. The van der Waals surface area contributed by atoms with Crippen LogP contribution in [0.4, 0.5) is 0 Å². The summed E-state index contributed by atoms with van der Waals surface area (Å²) in [6.45, 7) is 6.30. The lowest BCUT2D eigenvalue weighted by atomic mass is 10.1. The van der Waals surface area contributed by atoms with E-state index >= 15 is 0 Å². The molecule has 0 radical (unpaired) electrons. The van der Waals surface area contributed by atoms with Crippen LogP contribution in [0.25, 0.3) is 0 Å². The molecule has 2 atom stereocenters. The van der Waals surface area contributed by atoms with Crippen molar-refractivity contribution >= 4 is 5.96 Å². The predicted molar refractivity (Wildman–Crippen MR) is 78.5 cm³/mol. The van der Waals surface area contributed by atoms with Gasteiger partial charge in [0.2, 0.25) is 0 Å². The first-order chi connectivity index (χ1) is 9.19. The molecular formula is C14H28N4O. The van der Waals surface area contributed by atoms with Crippen LogP contribution in [0.15, 0.2) is 4.99 Å². The normalized spacial score (nSPS) is 28.9. The van der Waals surface area contributed by atoms with Crippen molar-refractivity contribution in [2.75, 3.05) is 60.5 Å². The van der Waals surface area contributed by atoms with E-state index in [4.69, 9.17) is 4.74 Å². The van der Waals surface area contributed by atoms with Crippen molar-refractivity contribution in [1.29, 1.82) is 0 Å². The van der Waals surface area contributed by atoms with Crippen LogP contribution in [0.1, 0.15) is 12.8 Å². The lowest BCUT2D eigenvalue weighted by Gasteiger charge is -2.25. The Morgan fingerprint density at radius 2 is 2.26 bits per heavy atom. The van der Waals surface area contributed by atoms with Crippen LogP contribution in [0.3, 0.4) is 0 Å². The fourth-order valence-electron chi connectivity index (χ4n) is 3.01. The van der Waals surface area contributed by atoms with E-state index in [2.05, 4.69) is 34.2 Å². The summed E-state index contributed by atoms with van der Waals surface area (Å²) < 4.78 is 5.43. The fourth-order valence-corrected chi connectivity index (χ4v) is 3.01. The molecule has 1 N–H and O–H groups in total. The first-order valence-electron chi connectivity index (χ1n) is 7.37. The average molecular weight is 268 g/mol. The monoisotopic (exact) mass is 268 g/mol. The van der Waals surface area contributed by atoms with Crippen molar-refractivity contribution in [2.45, 2.75) is 12.8 Å². The molecule has 2 rings (SSSR count). The smallest absolute Gasteiger partial charge is 0.193 e. The van der Waals surface area contributed by atoms with Gasteiger partial charge in [-0.2, -0.15) is 0 Å². The fraction of sp³-hybridized carbons (Fsp3) is 0.929. The molecule has 0 aromatic carbocycles. The summed E-state index contributed by atoms with van der Waals surface area (Å²) in [5.74, 6) is 2.42. The van der Waals surface area contributed by atoms with Gasteiger partial charge in [-0.3, -0.25) is 4.99 Å². The van der Waals surface area contributed by atoms with Crippen LogP contribution in [-0.2, 0) is 4.74 Å². The Kier molecular flexibility index (Phi) is 5.45. The molecule has 2 saturated heterocycles. The summed E-state index contributed by atoms with van der Waals surface area (Å²) in [4.78, 5) is 9.02. The average Bonchev–Trinajstić information content (AvgIpc) is 3.02. The highest BCUT2D eigenvalue weighted by atomic mass is 16.5. The van der Waals surface area contributed by atoms with Gasteiger partial charge in [0.05, 0.1) is 6.61 Å². The van der Waals surface area contributed by atoms with E-state index in [1.807, 2.05) is 7.05 Å². The van der Waals surface area contributed by atoms with E-state index < -0.39 is 0 Å². The minimum Gasteiger partial charge on any atom is -0.381 e. The zero-order valence-corrected chi connectivity index (χ0v) is 12.6. The standard InChI is InChI=1S/C14H28N4O/c1-15-14(16-8-12-4-6-17(2)9-12)18(3)10-13-5-7-19-11-13/h12-13H,4-11H2,1-3H3,(H,15,16). The zero-order valence-electron chi connectivity index (χ0n) is 12.6. The molecule has 0 aromatic heterocycles. The summed E-state index contributed by atoms with van der Waals surface area (Å²) in [7, 11) is 6.18. The van der Waals surface area contributed by atoms with Gasteiger partial charge in [-0.25, -0.2) is 0 Å². The van der Waals surface area contributed by atoms with Gasteiger partial charge in [-0.05, 0) is 32.4 Å². The molecule has 5 nitrogen and oxygen atoms in total. The highest BCUT2D eigenvalue weighted by Crippen LogP contribution is 2.14. The molecule has 2 heterocycles. The van der Waals surface area contributed by atoms with Gasteiger partial charge >= 0.3 is 0 Å². The Labute approximate surface area is 117 Å².